The van der Waals surface area contributed by atoms with Crippen molar-refractivity contribution in [1.82, 2.24) is 5.01 Å². The summed E-state index contributed by atoms with van der Waals surface area (Å²) in [5.41, 5.74) is -0.131. The van der Waals surface area contributed by atoms with Crippen molar-refractivity contribution in [2.75, 3.05) is 11.9 Å². The van der Waals surface area contributed by atoms with Crippen LogP contribution in [0, 0.1) is 0 Å². The number of urea groups is 1. The SMILES string of the molecule is O=C(Nc1ccc(OC(F)(F)C(F)Cl)cc1)N1CC(c2ccccc2)C(c2ccc(Cl)cc2)=N1. The molecule has 0 saturated carbocycles. The Morgan fingerprint density at radius 3 is 2.32 bits per heavy atom. The lowest BCUT2D eigenvalue weighted by Gasteiger charge is -2.18. The lowest BCUT2D eigenvalue weighted by atomic mass is 9.91. The number of hydrogen-bond donors (Lipinski definition) is 1. The monoisotopic (exact) mass is 507 g/mol. The van der Waals surface area contributed by atoms with Crippen molar-refractivity contribution in [3.63, 3.8) is 0 Å². The highest BCUT2D eigenvalue weighted by atomic mass is 35.5. The van der Waals surface area contributed by atoms with Crippen molar-refractivity contribution >= 4 is 40.6 Å². The van der Waals surface area contributed by atoms with Crippen molar-refractivity contribution in [2.45, 2.75) is 17.7 Å². The first-order valence-electron chi connectivity index (χ1n) is 10.2. The van der Waals surface area contributed by atoms with E-state index in [1.54, 1.807) is 12.1 Å². The molecule has 2 atom stereocenters. The van der Waals surface area contributed by atoms with Gasteiger partial charge < -0.3 is 10.1 Å². The van der Waals surface area contributed by atoms with Crippen LogP contribution in [0.25, 0.3) is 0 Å². The number of carbonyl (C=O) groups is 1. The normalized spacial score (nSPS) is 16.7. The molecule has 5 nitrogen and oxygen atoms in total. The van der Waals surface area contributed by atoms with E-state index >= 15 is 0 Å². The molecule has 0 saturated heterocycles. The Labute approximate surface area is 203 Å². The molecule has 2 unspecified atom stereocenters. The number of hydrazone groups is 1. The van der Waals surface area contributed by atoms with Crippen LogP contribution >= 0.6 is 23.2 Å². The summed E-state index contributed by atoms with van der Waals surface area (Å²) in [5, 5.41) is 9.10. The van der Waals surface area contributed by atoms with E-state index in [1.165, 1.54) is 29.3 Å². The molecule has 1 N–H and O–H groups in total. The van der Waals surface area contributed by atoms with Gasteiger partial charge in [-0.25, -0.2) is 14.2 Å². The Morgan fingerprint density at radius 2 is 1.71 bits per heavy atom. The number of anilines is 1. The van der Waals surface area contributed by atoms with Gasteiger partial charge in [-0.3, -0.25) is 0 Å². The van der Waals surface area contributed by atoms with Gasteiger partial charge in [0.1, 0.15) is 5.75 Å². The first-order valence-corrected chi connectivity index (χ1v) is 11.0. The van der Waals surface area contributed by atoms with E-state index in [9.17, 15) is 18.0 Å². The largest absolute Gasteiger partial charge is 0.444 e. The zero-order valence-corrected chi connectivity index (χ0v) is 19.0. The second kappa shape index (κ2) is 9.95. The number of amides is 2. The minimum atomic E-state index is -4.18. The van der Waals surface area contributed by atoms with Crippen LogP contribution in [0.2, 0.25) is 5.02 Å². The maximum Gasteiger partial charge on any atom is 0.444 e. The summed E-state index contributed by atoms with van der Waals surface area (Å²) >= 11 is 10.8. The van der Waals surface area contributed by atoms with Crippen LogP contribution in [0.4, 0.5) is 23.7 Å². The number of nitrogens with zero attached hydrogens (tertiary/aromatic N) is 2. The zero-order chi connectivity index (χ0) is 24.3. The second-order valence-corrected chi connectivity index (χ2v) is 8.28. The third-order valence-corrected chi connectivity index (χ3v) is 5.61. The zero-order valence-electron chi connectivity index (χ0n) is 17.5. The molecule has 176 valence electrons. The fourth-order valence-electron chi connectivity index (χ4n) is 3.45. The van der Waals surface area contributed by atoms with Crippen LogP contribution < -0.4 is 10.1 Å². The minimum Gasteiger partial charge on any atom is -0.429 e. The van der Waals surface area contributed by atoms with Crippen LogP contribution in [0.3, 0.4) is 0 Å². The molecule has 0 bridgehead atoms. The summed E-state index contributed by atoms with van der Waals surface area (Å²) in [6, 6.07) is 21.4. The number of nitrogens with one attached hydrogen (secondary N) is 1. The second-order valence-electron chi connectivity index (χ2n) is 7.46. The quantitative estimate of drug-likeness (QED) is 0.369. The summed E-state index contributed by atoms with van der Waals surface area (Å²) in [6.45, 7) is 0.300. The number of ether oxygens (including phenoxy) is 1. The first kappa shape index (κ1) is 23.9. The molecule has 0 spiro atoms. The van der Waals surface area contributed by atoms with Crippen LogP contribution in [0.5, 0.6) is 5.75 Å². The smallest absolute Gasteiger partial charge is 0.429 e. The van der Waals surface area contributed by atoms with Crippen LogP contribution in [0.15, 0.2) is 84.0 Å². The summed E-state index contributed by atoms with van der Waals surface area (Å²) in [7, 11) is 0. The minimum absolute atomic E-state index is 0.157. The van der Waals surface area contributed by atoms with Gasteiger partial charge in [0.15, 0.2) is 0 Å². The molecular weight excluding hydrogens is 490 g/mol. The molecule has 1 aliphatic heterocycles. The average Bonchev–Trinajstić information content (AvgIpc) is 3.27. The molecule has 2 amide bonds. The van der Waals surface area contributed by atoms with Gasteiger partial charge in [0.05, 0.1) is 12.3 Å². The number of carbonyl (C=O) groups excluding carboxylic acids is 1. The number of hydrogen-bond acceptors (Lipinski definition) is 3. The fourth-order valence-corrected chi connectivity index (χ4v) is 3.62. The predicted molar refractivity (Wildman–Crippen MR) is 126 cm³/mol. The van der Waals surface area contributed by atoms with E-state index in [0.29, 0.717) is 23.0 Å². The Bertz CT molecular complexity index is 1170. The van der Waals surface area contributed by atoms with Gasteiger partial charge in [-0.05, 0) is 47.5 Å². The van der Waals surface area contributed by atoms with E-state index in [2.05, 4.69) is 15.2 Å². The molecule has 34 heavy (non-hydrogen) atoms. The van der Waals surface area contributed by atoms with E-state index in [1.807, 2.05) is 42.5 Å². The maximum atomic E-state index is 13.3. The van der Waals surface area contributed by atoms with Crippen LogP contribution in [0.1, 0.15) is 17.0 Å². The van der Waals surface area contributed by atoms with Gasteiger partial charge in [0, 0.05) is 16.6 Å². The lowest BCUT2D eigenvalue weighted by molar-refractivity contribution is -0.199. The van der Waals surface area contributed by atoms with Gasteiger partial charge in [-0.1, -0.05) is 65.7 Å². The molecule has 0 aliphatic carbocycles. The number of alkyl halides is 4. The van der Waals surface area contributed by atoms with Crippen molar-refractivity contribution in [1.29, 1.82) is 0 Å². The van der Waals surface area contributed by atoms with Gasteiger partial charge >= 0.3 is 12.1 Å². The van der Waals surface area contributed by atoms with E-state index in [-0.39, 0.29) is 11.7 Å². The Kier molecular flexibility index (Phi) is 7.00. The third-order valence-electron chi connectivity index (χ3n) is 5.10. The van der Waals surface area contributed by atoms with Gasteiger partial charge in [-0.15, -0.1) is 0 Å². The van der Waals surface area contributed by atoms with Crippen molar-refractivity contribution in [3.8, 4) is 5.75 Å². The van der Waals surface area contributed by atoms with Crippen LogP contribution in [-0.2, 0) is 0 Å². The number of rotatable bonds is 6. The highest BCUT2D eigenvalue weighted by Crippen LogP contribution is 2.31. The molecule has 3 aromatic rings. The summed E-state index contributed by atoms with van der Waals surface area (Å²) in [4.78, 5) is 12.9. The molecule has 1 heterocycles. The van der Waals surface area contributed by atoms with Crippen molar-refractivity contribution in [2.24, 2.45) is 5.10 Å². The van der Waals surface area contributed by atoms with Crippen LogP contribution in [-0.4, -0.2) is 35.0 Å². The highest BCUT2D eigenvalue weighted by Gasteiger charge is 2.42. The van der Waals surface area contributed by atoms with Crippen molar-refractivity contribution in [3.05, 3.63) is 95.0 Å². The van der Waals surface area contributed by atoms with Gasteiger partial charge in [-0.2, -0.15) is 13.9 Å². The molecule has 1 aliphatic rings. The topological polar surface area (TPSA) is 53.9 Å². The highest BCUT2D eigenvalue weighted by molar-refractivity contribution is 6.30. The van der Waals surface area contributed by atoms with Crippen molar-refractivity contribution < 1.29 is 22.7 Å². The molecular formula is C24H18Cl2F3N3O2. The number of benzene rings is 3. The fraction of sp³-hybridized carbons (Fsp3) is 0.167. The van der Waals surface area contributed by atoms with E-state index < -0.39 is 17.8 Å². The molecule has 0 fully saturated rings. The average molecular weight is 508 g/mol. The molecule has 0 aromatic heterocycles. The molecule has 0 radical (unpaired) electrons. The predicted octanol–water partition coefficient (Wildman–Crippen LogP) is 6.88. The summed E-state index contributed by atoms with van der Waals surface area (Å²) in [6.07, 6.45) is -4.18. The molecule has 4 rings (SSSR count). The van der Waals surface area contributed by atoms with Gasteiger partial charge in [0.25, 0.3) is 5.63 Å². The lowest BCUT2D eigenvalue weighted by Crippen LogP contribution is -2.32. The maximum absolute atomic E-state index is 13.3. The Morgan fingerprint density at radius 1 is 1.06 bits per heavy atom. The summed E-state index contributed by atoms with van der Waals surface area (Å²) < 4.78 is 43.6. The van der Waals surface area contributed by atoms with Gasteiger partial charge in [0.2, 0.25) is 0 Å². The molecule has 10 heteroatoms. The first-order chi connectivity index (χ1) is 16.2. The molecule has 3 aromatic carbocycles. The standard InChI is InChI=1S/C24H18Cl2F3N3O2/c25-17-8-6-16(7-9-17)21-20(15-4-2-1-3-5-15)14-32(31-21)23(33)30-18-10-12-19(13-11-18)34-24(28,29)22(26)27/h1-13,20,22H,14H2,(H,30,33). The Balaban J connectivity index is 1.51. The van der Waals surface area contributed by atoms with E-state index in [0.717, 1.165) is 11.1 Å². The summed E-state index contributed by atoms with van der Waals surface area (Å²) in [5.74, 6) is -0.463. The number of halogens is 5. The Hall–Kier alpha value is -3.23. The third kappa shape index (κ3) is 5.46. The van der Waals surface area contributed by atoms with E-state index in [4.69, 9.17) is 23.2 Å².